The molecule has 1 atom stereocenters. The quantitative estimate of drug-likeness (QED) is 0.552. The fourth-order valence-electron chi connectivity index (χ4n) is 2.68. The fourth-order valence-corrected chi connectivity index (χ4v) is 2.68. The predicted octanol–water partition coefficient (Wildman–Crippen LogP) is -1.36. The monoisotopic (exact) mass is 357 g/mol. The van der Waals surface area contributed by atoms with E-state index >= 15 is 0 Å². The van der Waals surface area contributed by atoms with Crippen molar-refractivity contribution in [2.24, 2.45) is 0 Å². The van der Waals surface area contributed by atoms with E-state index in [0.717, 1.165) is 16.3 Å². The summed E-state index contributed by atoms with van der Waals surface area (Å²) in [5.41, 5.74) is 0.967. The Kier molecular flexibility index (Phi) is 6.80. The number of aliphatic carboxylic acids is 1. The maximum absolute atomic E-state index is 12.2. The smallest absolute Gasteiger partial charge is 0.548 e. The van der Waals surface area contributed by atoms with Gasteiger partial charge in [0, 0.05) is 5.56 Å². The molecule has 0 aliphatic carbocycles. The van der Waals surface area contributed by atoms with Crippen molar-refractivity contribution in [1.82, 2.24) is 5.32 Å². The Bertz CT molecular complexity index is 942. The predicted molar refractivity (Wildman–Crippen MR) is 92.0 cm³/mol. The summed E-state index contributed by atoms with van der Waals surface area (Å²) in [5, 5.41) is 25.4. The van der Waals surface area contributed by atoms with E-state index in [1.54, 1.807) is 0 Å². The van der Waals surface area contributed by atoms with Gasteiger partial charge in [0.25, 0.3) is 5.91 Å². The van der Waals surface area contributed by atoms with Crippen molar-refractivity contribution >= 4 is 22.6 Å². The Morgan fingerprint density at radius 3 is 2.38 bits per heavy atom. The van der Waals surface area contributed by atoms with Crippen molar-refractivity contribution in [3.63, 3.8) is 0 Å². The van der Waals surface area contributed by atoms with Gasteiger partial charge in [-0.05, 0) is 41.0 Å². The molecule has 0 heterocycles. The number of hydrogen-bond donors (Lipinski definition) is 2. The first-order valence-corrected chi connectivity index (χ1v) is 7.81. The number of carbonyl (C=O) groups is 2. The van der Waals surface area contributed by atoms with Crippen LogP contribution in [0, 0.1) is 0 Å². The molecule has 0 aromatic heterocycles. The van der Waals surface area contributed by atoms with Crippen molar-refractivity contribution in [1.29, 1.82) is 0 Å². The number of carbonyl (C=O) groups excluding carboxylic acids is 2. The Balaban J connectivity index is 0.00000243. The average molecular weight is 357 g/mol. The number of nitrogens with one attached hydrogen (secondary N) is 1. The van der Waals surface area contributed by atoms with Gasteiger partial charge in [-0.1, -0.05) is 48.5 Å². The standard InChI is InChI=1S/C20H17NO4.Na/c22-17-7-3-6-16(12-17)19(23)21-18(20(24)25)11-13-8-9-14-4-1-2-5-15(14)10-13;/h1-10,12,18,22H,11H2,(H,21,23)(H,24,25);/q;+1/p-1. The number of rotatable bonds is 5. The minimum absolute atomic E-state index is 0. The van der Waals surface area contributed by atoms with Crippen LogP contribution in [0.1, 0.15) is 15.9 Å². The third kappa shape index (κ3) is 4.85. The second-order valence-electron chi connectivity index (χ2n) is 5.78. The van der Waals surface area contributed by atoms with Crippen LogP contribution >= 0.6 is 0 Å². The summed E-state index contributed by atoms with van der Waals surface area (Å²) in [6.45, 7) is 0. The molecule has 0 spiro atoms. The van der Waals surface area contributed by atoms with E-state index < -0.39 is 17.9 Å². The van der Waals surface area contributed by atoms with Crippen LogP contribution in [0.4, 0.5) is 0 Å². The summed E-state index contributed by atoms with van der Waals surface area (Å²) in [5.74, 6) is -2.00. The minimum atomic E-state index is -1.36. The van der Waals surface area contributed by atoms with Gasteiger partial charge in [0.15, 0.2) is 0 Å². The van der Waals surface area contributed by atoms with E-state index in [4.69, 9.17) is 0 Å². The zero-order valence-corrected chi connectivity index (χ0v) is 16.3. The van der Waals surface area contributed by atoms with Crippen LogP contribution in [0.25, 0.3) is 10.8 Å². The molecule has 0 radical (unpaired) electrons. The number of amides is 1. The molecule has 5 nitrogen and oxygen atoms in total. The third-order valence-electron chi connectivity index (χ3n) is 3.95. The van der Waals surface area contributed by atoms with Crippen molar-refractivity contribution in [2.45, 2.75) is 12.5 Å². The summed E-state index contributed by atoms with van der Waals surface area (Å²) in [4.78, 5) is 23.6. The Morgan fingerprint density at radius 2 is 1.69 bits per heavy atom. The van der Waals surface area contributed by atoms with Gasteiger partial charge in [-0.15, -0.1) is 0 Å². The molecule has 0 fully saturated rings. The van der Waals surface area contributed by atoms with Crippen molar-refractivity contribution in [3.05, 3.63) is 77.9 Å². The van der Waals surface area contributed by atoms with E-state index in [-0.39, 0.29) is 47.3 Å². The molecule has 2 N–H and O–H groups in total. The molecule has 0 aliphatic heterocycles. The minimum Gasteiger partial charge on any atom is -0.548 e. The molecular weight excluding hydrogens is 341 g/mol. The number of aromatic hydroxyl groups is 1. The third-order valence-corrected chi connectivity index (χ3v) is 3.95. The first kappa shape index (κ1) is 20.0. The second-order valence-corrected chi connectivity index (χ2v) is 5.78. The molecule has 0 bridgehead atoms. The maximum Gasteiger partial charge on any atom is 1.00 e. The first-order chi connectivity index (χ1) is 12.0. The number of phenols is 1. The normalized spacial score (nSPS) is 11.4. The Morgan fingerprint density at radius 1 is 0.962 bits per heavy atom. The largest absolute Gasteiger partial charge is 1.00 e. The van der Waals surface area contributed by atoms with E-state index in [1.165, 1.54) is 24.3 Å². The van der Waals surface area contributed by atoms with Gasteiger partial charge in [-0.25, -0.2) is 0 Å². The number of hydrogen-bond acceptors (Lipinski definition) is 4. The molecule has 1 amide bonds. The van der Waals surface area contributed by atoms with Gasteiger partial charge in [0.05, 0.1) is 12.0 Å². The fraction of sp³-hybridized carbons (Fsp3) is 0.100. The second kappa shape index (κ2) is 8.85. The van der Waals surface area contributed by atoms with Gasteiger partial charge in [-0.2, -0.15) is 0 Å². The van der Waals surface area contributed by atoms with Crippen LogP contribution < -0.4 is 40.0 Å². The summed E-state index contributed by atoms with van der Waals surface area (Å²) in [7, 11) is 0. The molecule has 26 heavy (non-hydrogen) atoms. The van der Waals surface area contributed by atoms with Gasteiger partial charge < -0.3 is 20.3 Å². The summed E-state index contributed by atoms with van der Waals surface area (Å²) in [6, 6.07) is 17.9. The molecular formula is C20H16NNaO4. The van der Waals surface area contributed by atoms with E-state index in [0.29, 0.717) is 0 Å². The summed E-state index contributed by atoms with van der Waals surface area (Å²) >= 11 is 0. The van der Waals surface area contributed by atoms with Crippen LogP contribution in [0.3, 0.4) is 0 Å². The van der Waals surface area contributed by atoms with Crippen LogP contribution in [0.2, 0.25) is 0 Å². The maximum atomic E-state index is 12.2. The van der Waals surface area contributed by atoms with E-state index in [9.17, 15) is 19.8 Å². The van der Waals surface area contributed by atoms with Crippen LogP contribution in [0.5, 0.6) is 5.75 Å². The Hall–Kier alpha value is -2.34. The summed E-state index contributed by atoms with van der Waals surface area (Å²) in [6.07, 6.45) is 0.109. The summed E-state index contributed by atoms with van der Waals surface area (Å²) < 4.78 is 0. The van der Waals surface area contributed by atoms with Crippen LogP contribution in [-0.2, 0) is 11.2 Å². The van der Waals surface area contributed by atoms with Crippen LogP contribution in [0.15, 0.2) is 66.7 Å². The van der Waals surface area contributed by atoms with Gasteiger partial charge in [-0.3, -0.25) is 4.79 Å². The zero-order valence-electron chi connectivity index (χ0n) is 14.3. The number of phenolic OH excluding ortho intramolecular Hbond substituents is 1. The van der Waals surface area contributed by atoms with Crippen molar-refractivity contribution in [2.75, 3.05) is 0 Å². The van der Waals surface area contributed by atoms with E-state index in [1.807, 2.05) is 42.5 Å². The SMILES string of the molecule is O=C(NC(Cc1ccc2ccccc2c1)C(=O)[O-])c1cccc(O)c1.[Na+]. The molecule has 3 aromatic rings. The molecule has 3 aromatic carbocycles. The number of fused-ring (bicyclic) bond motifs is 1. The van der Waals surface area contributed by atoms with Crippen LogP contribution in [-0.4, -0.2) is 23.0 Å². The molecule has 3 rings (SSSR count). The number of carboxylic acid groups (broad SMARTS) is 1. The molecule has 126 valence electrons. The van der Waals surface area contributed by atoms with Gasteiger partial charge in [0.2, 0.25) is 0 Å². The molecule has 0 saturated carbocycles. The molecule has 0 saturated heterocycles. The molecule has 0 aliphatic rings. The van der Waals surface area contributed by atoms with Gasteiger partial charge in [0.1, 0.15) is 5.75 Å². The van der Waals surface area contributed by atoms with Crippen molar-refractivity contribution in [3.8, 4) is 5.75 Å². The molecule has 1 unspecified atom stereocenters. The van der Waals surface area contributed by atoms with Crippen molar-refractivity contribution < 1.29 is 49.4 Å². The zero-order chi connectivity index (χ0) is 17.8. The number of carboxylic acids is 1. The van der Waals surface area contributed by atoms with Gasteiger partial charge >= 0.3 is 29.6 Å². The average Bonchev–Trinajstić information content (AvgIpc) is 2.61. The van der Waals surface area contributed by atoms with E-state index in [2.05, 4.69) is 5.32 Å². The Labute approximate surface area is 173 Å². The number of benzene rings is 3. The first-order valence-electron chi connectivity index (χ1n) is 7.81. The topological polar surface area (TPSA) is 89.5 Å². The molecule has 6 heteroatoms.